The van der Waals surface area contributed by atoms with Gasteiger partial charge in [-0.3, -0.25) is 4.79 Å². The Morgan fingerprint density at radius 3 is 2.96 bits per heavy atom. The minimum atomic E-state index is 0.0604. The number of likely N-dealkylation sites (tertiary alicyclic amines) is 1. The zero-order valence-corrected chi connectivity index (χ0v) is 15.2. The molecule has 0 radical (unpaired) electrons. The molecule has 6 nitrogen and oxygen atoms in total. The molecule has 0 spiro atoms. The Morgan fingerprint density at radius 2 is 2.35 bits per heavy atom. The summed E-state index contributed by atoms with van der Waals surface area (Å²) in [4.78, 5) is 24.0. The maximum absolute atomic E-state index is 12.1. The molecule has 0 bridgehead atoms. The Morgan fingerprint density at radius 1 is 1.57 bits per heavy atom. The van der Waals surface area contributed by atoms with Crippen LogP contribution in [0, 0.1) is 12.8 Å². The van der Waals surface area contributed by atoms with Crippen molar-refractivity contribution in [2.45, 2.75) is 46.7 Å². The smallest absolute Gasteiger partial charge is 0.225 e. The first-order chi connectivity index (χ1) is 11.0. The summed E-state index contributed by atoms with van der Waals surface area (Å²) in [6.07, 6.45) is 2.84. The van der Waals surface area contributed by atoms with Gasteiger partial charge >= 0.3 is 0 Å². The SMILES string of the molecule is CCNC(=NCc1cnc(C)s1)N[C@@H]1CCN(C(=O)C(C)C)C1. The Hall–Kier alpha value is -1.63. The average Bonchev–Trinajstić information content (AvgIpc) is 3.13. The topological polar surface area (TPSA) is 69.6 Å². The summed E-state index contributed by atoms with van der Waals surface area (Å²) in [5.74, 6) is 1.10. The number of amides is 1. The molecule has 1 aliphatic rings. The molecule has 0 unspecified atom stereocenters. The van der Waals surface area contributed by atoms with Crippen molar-refractivity contribution in [1.82, 2.24) is 20.5 Å². The molecular weight excluding hydrogens is 310 g/mol. The van der Waals surface area contributed by atoms with Gasteiger partial charge in [0.15, 0.2) is 5.96 Å². The van der Waals surface area contributed by atoms with Crippen LogP contribution >= 0.6 is 11.3 Å². The lowest BCUT2D eigenvalue weighted by molar-refractivity contribution is -0.133. The number of nitrogens with zero attached hydrogens (tertiary/aromatic N) is 3. The lowest BCUT2D eigenvalue weighted by atomic mass is 10.2. The predicted octanol–water partition coefficient (Wildman–Crippen LogP) is 1.76. The lowest BCUT2D eigenvalue weighted by Gasteiger charge is -2.20. The molecular formula is C16H27N5OS. The number of aryl methyl sites for hydroxylation is 1. The molecule has 1 amide bonds. The fourth-order valence-corrected chi connectivity index (χ4v) is 3.31. The maximum atomic E-state index is 12.1. The summed E-state index contributed by atoms with van der Waals surface area (Å²) in [5, 5.41) is 7.78. The number of hydrogen-bond acceptors (Lipinski definition) is 4. The van der Waals surface area contributed by atoms with Crippen LogP contribution in [0.2, 0.25) is 0 Å². The van der Waals surface area contributed by atoms with E-state index in [2.05, 4.69) is 27.5 Å². The molecule has 23 heavy (non-hydrogen) atoms. The van der Waals surface area contributed by atoms with Crippen molar-refractivity contribution in [3.05, 3.63) is 16.1 Å². The molecule has 1 aliphatic heterocycles. The summed E-state index contributed by atoms with van der Waals surface area (Å²) < 4.78 is 0. The highest BCUT2D eigenvalue weighted by Gasteiger charge is 2.27. The zero-order valence-electron chi connectivity index (χ0n) is 14.4. The van der Waals surface area contributed by atoms with Crippen LogP contribution in [0.3, 0.4) is 0 Å². The van der Waals surface area contributed by atoms with Crippen LogP contribution in [-0.2, 0) is 11.3 Å². The summed E-state index contributed by atoms with van der Waals surface area (Å²) >= 11 is 1.67. The standard InChI is InChI=1S/C16H27N5OS/c1-5-17-16(19-9-14-8-18-12(4)23-14)20-13-6-7-21(10-13)15(22)11(2)3/h8,11,13H,5-7,9-10H2,1-4H3,(H2,17,19,20)/t13-/m1/s1. The van der Waals surface area contributed by atoms with Crippen molar-refractivity contribution < 1.29 is 4.79 Å². The van der Waals surface area contributed by atoms with E-state index in [1.165, 1.54) is 0 Å². The number of carbonyl (C=O) groups excluding carboxylic acids is 1. The number of carbonyl (C=O) groups is 1. The van der Waals surface area contributed by atoms with E-state index in [4.69, 9.17) is 0 Å². The Balaban J connectivity index is 1.90. The van der Waals surface area contributed by atoms with E-state index in [0.717, 1.165) is 41.9 Å². The van der Waals surface area contributed by atoms with E-state index in [9.17, 15) is 4.79 Å². The average molecular weight is 337 g/mol. The van der Waals surface area contributed by atoms with Crippen LogP contribution in [0.1, 0.15) is 37.1 Å². The molecule has 1 aromatic heterocycles. The molecule has 1 fully saturated rings. The summed E-state index contributed by atoms with van der Waals surface area (Å²) in [7, 11) is 0. The molecule has 128 valence electrons. The number of rotatable bonds is 5. The highest BCUT2D eigenvalue weighted by atomic mass is 32.1. The molecule has 7 heteroatoms. The van der Waals surface area contributed by atoms with Gasteiger partial charge in [0.05, 0.1) is 11.6 Å². The van der Waals surface area contributed by atoms with Crippen molar-refractivity contribution in [3.63, 3.8) is 0 Å². The zero-order chi connectivity index (χ0) is 16.8. The van der Waals surface area contributed by atoms with Gasteiger partial charge < -0.3 is 15.5 Å². The van der Waals surface area contributed by atoms with Crippen molar-refractivity contribution >= 4 is 23.2 Å². The Bertz CT molecular complexity index is 554. The molecule has 1 saturated heterocycles. The van der Waals surface area contributed by atoms with E-state index in [-0.39, 0.29) is 17.9 Å². The van der Waals surface area contributed by atoms with E-state index in [0.29, 0.717) is 6.54 Å². The minimum Gasteiger partial charge on any atom is -0.357 e. The number of guanidine groups is 1. The number of hydrogen-bond donors (Lipinski definition) is 2. The fraction of sp³-hybridized carbons (Fsp3) is 0.688. The number of aliphatic imine (C=N–C) groups is 1. The molecule has 0 aliphatic carbocycles. The number of nitrogens with one attached hydrogen (secondary N) is 2. The van der Waals surface area contributed by atoms with Gasteiger partial charge in [0.25, 0.3) is 0 Å². The van der Waals surface area contributed by atoms with Crippen molar-refractivity contribution in [1.29, 1.82) is 0 Å². The van der Waals surface area contributed by atoms with E-state index in [1.54, 1.807) is 11.3 Å². The van der Waals surface area contributed by atoms with Gasteiger partial charge in [-0.05, 0) is 20.3 Å². The predicted molar refractivity (Wildman–Crippen MR) is 94.6 cm³/mol. The van der Waals surface area contributed by atoms with Crippen LogP contribution in [0.4, 0.5) is 0 Å². The molecule has 0 saturated carbocycles. The first-order valence-electron chi connectivity index (χ1n) is 8.24. The van der Waals surface area contributed by atoms with Crippen LogP contribution in [0.5, 0.6) is 0 Å². The Labute approximate surface area is 142 Å². The second-order valence-electron chi connectivity index (χ2n) is 6.11. The lowest BCUT2D eigenvalue weighted by Crippen LogP contribution is -2.45. The Kier molecular flexibility index (Phi) is 6.38. The number of aromatic nitrogens is 1. The van der Waals surface area contributed by atoms with Crippen molar-refractivity contribution in [2.75, 3.05) is 19.6 Å². The highest BCUT2D eigenvalue weighted by Crippen LogP contribution is 2.14. The molecule has 1 atom stereocenters. The van der Waals surface area contributed by atoms with Crippen LogP contribution in [0.15, 0.2) is 11.2 Å². The quantitative estimate of drug-likeness (QED) is 0.634. The van der Waals surface area contributed by atoms with Gasteiger partial charge in [-0.2, -0.15) is 0 Å². The summed E-state index contributed by atoms with van der Waals surface area (Å²) in [5.41, 5.74) is 0. The van der Waals surface area contributed by atoms with E-state index >= 15 is 0 Å². The largest absolute Gasteiger partial charge is 0.357 e. The van der Waals surface area contributed by atoms with Gasteiger partial charge in [-0.25, -0.2) is 9.98 Å². The van der Waals surface area contributed by atoms with Crippen LogP contribution in [-0.4, -0.2) is 47.4 Å². The molecule has 0 aromatic carbocycles. The monoisotopic (exact) mass is 337 g/mol. The minimum absolute atomic E-state index is 0.0604. The van der Waals surface area contributed by atoms with E-state index in [1.807, 2.05) is 31.9 Å². The van der Waals surface area contributed by atoms with Gasteiger partial charge in [0.2, 0.25) is 5.91 Å². The third-order valence-corrected chi connectivity index (χ3v) is 4.64. The van der Waals surface area contributed by atoms with Crippen LogP contribution in [0.25, 0.3) is 0 Å². The molecule has 2 N–H and O–H groups in total. The second-order valence-corrected chi connectivity index (χ2v) is 7.43. The van der Waals surface area contributed by atoms with Crippen molar-refractivity contribution in [3.8, 4) is 0 Å². The third-order valence-electron chi connectivity index (χ3n) is 3.74. The van der Waals surface area contributed by atoms with Gasteiger partial charge in [-0.15, -0.1) is 11.3 Å². The van der Waals surface area contributed by atoms with Gasteiger partial charge in [0, 0.05) is 42.7 Å². The first-order valence-corrected chi connectivity index (χ1v) is 9.06. The number of thiazole rings is 1. The summed E-state index contributed by atoms with van der Waals surface area (Å²) in [6.45, 7) is 11.0. The highest BCUT2D eigenvalue weighted by molar-refractivity contribution is 7.11. The maximum Gasteiger partial charge on any atom is 0.225 e. The molecule has 2 heterocycles. The van der Waals surface area contributed by atoms with Gasteiger partial charge in [0.1, 0.15) is 0 Å². The molecule has 2 rings (SSSR count). The van der Waals surface area contributed by atoms with E-state index < -0.39 is 0 Å². The normalized spacial score (nSPS) is 18.6. The fourth-order valence-electron chi connectivity index (χ4n) is 2.59. The first kappa shape index (κ1) is 17.7. The van der Waals surface area contributed by atoms with Crippen molar-refractivity contribution in [2.24, 2.45) is 10.9 Å². The third kappa shape index (κ3) is 5.20. The van der Waals surface area contributed by atoms with Crippen LogP contribution < -0.4 is 10.6 Å². The van der Waals surface area contributed by atoms with Gasteiger partial charge in [-0.1, -0.05) is 13.8 Å². The second kappa shape index (κ2) is 8.29. The summed E-state index contributed by atoms with van der Waals surface area (Å²) in [6, 6.07) is 0.263. The molecule has 1 aromatic rings.